The highest BCUT2D eigenvalue weighted by molar-refractivity contribution is 5.84. The van der Waals surface area contributed by atoms with Crippen molar-refractivity contribution in [3.63, 3.8) is 0 Å². The van der Waals surface area contributed by atoms with Gasteiger partial charge in [0.15, 0.2) is 0 Å². The molecule has 1 aliphatic rings. The van der Waals surface area contributed by atoms with Crippen LogP contribution in [0.3, 0.4) is 0 Å². The molecule has 6 heteroatoms. The van der Waals surface area contributed by atoms with Gasteiger partial charge in [0, 0.05) is 42.2 Å². The summed E-state index contributed by atoms with van der Waals surface area (Å²) in [7, 11) is 0. The van der Waals surface area contributed by atoms with E-state index in [1.165, 1.54) is 12.8 Å². The molecule has 0 unspecified atom stereocenters. The van der Waals surface area contributed by atoms with Crippen LogP contribution in [-0.4, -0.2) is 32.3 Å². The monoisotopic (exact) mass is 407 g/mol. The van der Waals surface area contributed by atoms with Gasteiger partial charge in [-0.25, -0.2) is 4.52 Å². The molecule has 0 aliphatic heterocycles. The lowest BCUT2D eigenvalue weighted by Gasteiger charge is -2.18. The summed E-state index contributed by atoms with van der Waals surface area (Å²) in [5.41, 5.74) is 7.38. The zero-order chi connectivity index (χ0) is 21.1. The molecular weight excluding hydrogens is 378 g/mol. The van der Waals surface area contributed by atoms with E-state index >= 15 is 0 Å². The Kier molecular flexibility index (Phi) is 6.13. The Hall–Kier alpha value is -2.73. The van der Waals surface area contributed by atoms with E-state index in [2.05, 4.69) is 30.1 Å². The van der Waals surface area contributed by atoms with Crippen LogP contribution in [-0.2, 0) is 29.0 Å². The maximum absolute atomic E-state index is 11.1. The van der Waals surface area contributed by atoms with Gasteiger partial charge in [-0.15, -0.1) is 0 Å². The topological polar surface area (TPSA) is 76.7 Å². The first-order valence-electron chi connectivity index (χ1n) is 10.8. The summed E-state index contributed by atoms with van der Waals surface area (Å²) in [6.07, 6.45) is 8.46. The Morgan fingerprint density at radius 1 is 1.30 bits per heavy atom. The number of nitrogens with zero attached hydrogens (tertiary/aromatic N) is 3. The summed E-state index contributed by atoms with van der Waals surface area (Å²) in [6.45, 7) is 5.37. The molecule has 30 heavy (non-hydrogen) atoms. The van der Waals surface area contributed by atoms with Crippen LogP contribution < -0.4 is 0 Å². The van der Waals surface area contributed by atoms with Crippen LogP contribution in [0.4, 0.5) is 0 Å². The Balaban J connectivity index is 1.83. The van der Waals surface area contributed by atoms with E-state index in [0.717, 1.165) is 52.2 Å². The fraction of sp³-hybridized carbons (Fsp3) is 0.458. The third kappa shape index (κ3) is 4.54. The van der Waals surface area contributed by atoms with Crippen molar-refractivity contribution in [3.8, 4) is 11.1 Å². The van der Waals surface area contributed by atoms with Gasteiger partial charge >= 0.3 is 5.97 Å². The second-order valence-electron chi connectivity index (χ2n) is 8.23. The van der Waals surface area contributed by atoms with Crippen LogP contribution in [0.5, 0.6) is 0 Å². The van der Waals surface area contributed by atoms with Crippen LogP contribution in [0.25, 0.3) is 16.6 Å². The lowest BCUT2D eigenvalue weighted by molar-refractivity contribution is -0.137. The largest absolute Gasteiger partial charge is 0.481 e. The Bertz CT molecular complexity index is 1050. The molecule has 0 spiro atoms. The molecule has 0 amide bonds. The predicted molar refractivity (Wildman–Crippen MR) is 115 cm³/mol. The smallest absolute Gasteiger partial charge is 0.303 e. The number of aryl methyl sites for hydroxylation is 2. The third-order valence-corrected chi connectivity index (χ3v) is 5.69. The molecule has 3 aromatic rings. The van der Waals surface area contributed by atoms with Crippen molar-refractivity contribution in [2.45, 2.75) is 59.0 Å². The molecule has 4 rings (SSSR count). The van der Waals surface area contributed by atoms with Crippen LogP contribution in [0.2, 0.25) is 0 Å². The van der Waals surface area contributed by atoms with Crippen molar-refractivity contribution in [1.29, 1.82) is 0 Å². The molecule has 0 atom stereocenters. The van der Waals surface area contributed by atoms with E-state index < -0.39 is 5.97 Å². The maximum atomic E-state index is 11.1. The number of carboxylic acid groups (broad SMARTS) is 1. The molecule has 0 radical (unpaired) electrons. The zero-order valence-corrected chi connectivity index (χ0v) is 17.7. The minimum Gasteiger partial charge on any atom is -0.481 e. The number of aromatic nitrogens is 3. The molecule has 158 valence electrons. The van der Waals surface area contributed by atoms with Crippen LogP contribution in [0.1, 0.15) is 55.1 Å². The lowest BCUT2D eigenvalue weighted by Crippen LogP contribution is -2.11. The minimum absolute atomic E-state index is 0.139. The van der Waals surface area contributed by atoms with E-state index in [9.17, 15) is 4.79 Å². The first-order chi connectivity index (χ1) is 14.6. The zero-order valence-electron chi connectivity index (χ0n) is 17.7. The molecule has 1 fully saturated rings. The van der Waals surface area contributed by atoms with Crippen LogP contribution >= 0.6 is 0 Å². The normalized spacial score (nSPS) is 13.8. The number of fused-ring (bicyclic) bond motifs is 1. The Morgan fingerprint density at radius 2 is 2.13 bits per heavy atom. The van der Waals surface area contributed by atoms with E-state index in [1.54, 1.807) is 0 Å². The minimum atomic E-state index is -0.773. The van der Waals surface area contributed by atoms with E-state index in [4.69, 9.17) is 14.9 Å². The first kappa shape index (κ1) is 20.5. The van der Waals surface area contributed by atoms with Gasteiger partial charge in [0.05, 0.1) is 17.8 Å². The number of aliphatic carboxylic acids is 1. The highest BCUT2D eigenvalue weighted by Gasteiger charge is 2.23. The highest BCUT2D eigenvalue weighted by atomic mass is 16.5. The Labute approximate surface area is 176 Å². The van der Waals surface area contributed by atoms with Gasteiger partial charge in [0.2, 0.25) is 0 Å². The van der Waals surface area contributed by atoms with Crippen molar-refractivity contribution in [2.75, 3.05) is 6.61 Å². The molecule has 0 saturated heterocycles. The van der Waals surface area contributed by atoms with Gasteiger partial charge in [0.1, 0.15) is 0 Å². The quantitative estimate of drug-likeness (QED) is 0.531. The lowest BCUT2D eigenvalue weighted by atomic mass is 9.95. The van der Waals surface area contributed by atoms with Crippen LogP contribution in [0.15, 0.2) is 30.6 Å². The van der Waals surface area contributed by atoms with Crippen molar-refractivity contribution >= 4 is 11.5 Å². The SMILES string of the molecule is CCc1ccc2c(-c3cncc(C)c3)c(CCCC(=O)O)c(COCC3CC3)nn12. The summed E-state index contributed by atoms with van der Waals surface area (Å²) >= 11 is 0. The molecule has 0 bridgehead atoms. The fourth-order valence-corrected chi connectivity index (χ4v) is 3.95. The summed E-state index contributed by atoms with van der Waals surface area (Å²) in [5, 5.41) is 14.1. The number of rotatable bonds is 10. The predicted octanol–water partition coefficient (Wildman–Crippen LogP) is 4.60. The second kappa shape index (κ2) is 8.96. The summed E-state index contributed by atoms with van der Waals surface area (Å²) in [4.78, 5) is 15.5. The van der Waals surface area contributed by atoms with Crippen molar-refractivity contribution < 1.29 is 14.6 Å². The number of hydrogen-bond donors (Lipinski definition) is 1. The molecule has 1 N–H and O–H groups in total. The number of carboxylic acids is 1. The maximum Gasteiger partial charge on any atom is 0.303 e. The van der Waals surface area contributed by atoms with E-state index in [0.29, 0.717) is 25.4 Å². The molecule has 1 saturated carbocycles. The molecule has 6 nitrogen and oxygen atoms in total. The first-order valence-corrected chi connectivity index (χ1v) is 10.8. The van der Waals surface area contributed by atoms with Gasteiger partial charge in [-0.3, -0.25) is 9.78 Å². The summed E-state index contributed by atoms with van der Waals surface area (Å²) < 4.78 is 8.04. The molecule has 0 aromatic carbocycles. The summed E-state index contributed by atoms with van der Waals surface area (Å²) in [5.74, 6) is -0.0901. The third-order valence-electron chi connectivity index (χ3n) is 5.69. The average molecular weight is 408 g/mol. The van der Waals surface area contributed by atoms with Gasteiger partial charge in [0.25, 0.3) is 0 Å². The second-order valence-corrected chi connectivity index (χ2v) is 8.23. The summed E-state index contributed by atoms with van der Waals surface area (Å²) in [6, 6.07) is 6.36. The van der Waals surface area contributed by atoms with Gasteiger partial charge in [-0.05, 0) is 74.3 Å². The Morgan fingerprint density at radius 3 is 2.83 bits per heavy atom. The van der Waals surface area contributed by atoms with Gasteiger partial charge < -0.3 is 9.84 Å². The van der Waals surface area contributed by atoms with Crippen molar-refractivity contribution in [2.24, 2.45) is 5.92 Å². The van der Waals surface area contributed by atoms with Crippen molar-refractivity contribution in [3.05, 3.63) is 53.1 Å². The molecule has 3 heterocycles. The van der Waals surface area contributed by atoms with Crippen LogP contribution in [0, 0.1) is 12.8 Å². The number of carbonyl (C=O) groups is 1. The number of hydrogen-bond acceptors (Lipinski definition) is 4. The fourth-order valence-electron chi connectivity index (χ4n) is 3.95. The van der Waals surface area contributed by atoms with E-state index in [-0.39, 0.29) is 6.42 Å². The number of pyridine rings is 1. The molecule has 1 aliphatic carbocycles. The van der Waals surface area contributed by atoms with Crippen molar-refractivity contribution in [1.82, 2.24) is 14.6 Å². The number of ether oxygens (including phenoxy) is 1. The standard InChI is InChI=1S/C24H29N3O3/c1-3-19-9-10-22-24(18-11-16(2)12-25-13-18)20(5-4-6-23(28)29)21(26-27(19)22)15-30-14-17-7-8-17/h9-13,17H,3-8,14-15H2,1-2H3,(H,28,29). The highest BCUT2D eigenvalue weighted by Crippen LogP contribution is 2.34. The molecular formula is C24H29N3O3. The molecule has 3 aromatic heterocycles. The average Bonchev–Trinajstić information content (AvgIpc) is 3.45. The van der Waals surface area contributed by atoms with Gasteiger partial charge in [-0.2, -0.15) is 5.10 Å². The van der Waals surface area contributed by atoms with E-state index in [1.807, 2.05) is 23.8 Å². The van der Waals surface area contributed by atoms with Gasteiger partial charge in [-0.1, -0.05) is 6.92 Å².